The average Bonchev–Trinajstić information content (AvgIpc) is 2.66. The summed E-state index contributed by atoms with van der Waals surface area (Å²) in [5, 5.41) is 8.91. The van der Waals surface area contributed by atoms with Gasteiger partial charge < -0.3 is 19.5 Å². The second kappa shape index (κ2) is 10.3. The molecule has 1 aromatic rings. The van der Waals surface area contributed by atoms with E-state index < -0.39 is 29.6 Å². The first kappa shape index (κ1) is 21.2. The second-order valence-corrected chi connectivity index (χ2v) is 6.62. The van der Waals surface area contributed by atoms with Gasteiger partial charge >= 0.3 is 5.97 Å². The van der Waals surface area contributed by atoms with Gasteiger partial charge in [-0.3, -0.25) is 9.59 Å². The zero-order valence-corrected chi connectivity index (χ0v) is 15.3. The molecule has 0 radical (unpaired) electrons. The Kier molecular flexibility index (Phi) is 8.12. The van der Waals surface area contributed by atoms with Crippen LogP contribution in [-0.2, 0) is 25.6 Å². The zero-order valence-electron chi connectivity index (χ0n) is 15.3. The van der Waals surface area contributed by atoms with Gasteiger partial charge in [0.05, 0.1) is 19.1 Å². The highest BCUT2D eigenvalue weighted by Crippen LogP contribution is 2.15. The van der Waals surface area contributed by atoms with Crippen LogP contribution in [0.5, 0.6) is 0 Å². The van der Waals surface area contributed by atoms with Crippen LogP contribution in [0, 0.1) is 11.6 Å². The Morgan fingerprint density at radius 2 is 2.11 bits per heavy atom. The molecule has 2 unspecified atom stereocenters. The Hall–Kier alpha value is -2.06. The Bertz CT molecular complexity index is 649. The van der Waals surface area contributed by atoms with E-state index in [1.165, 1.54) is 11.0 Å². The van der Waals surface area contributed by atoms with E-state index in [-0.39, 0.29) is 32.2 Å². The van der Waals surface area contributed by atoms with Crippen LogP contribution in [0.2, 0.25) is 0 Å². The van der Waals surface area contributed by atoms with Crippen molar-refractivity contribution in [1.29, 1.82) is 0 Å². The van der Waals surface area contributed by atoms with Crippen molar-refractivity contribution in [3.05, 3.63) is 35.4 Å². The lowest BCUT2D eigenvalue weighted by Crippen LogP contribution is -2.41. The maximum atomic E-state index is 13.4. The van der Waals surface area contributed by atoms with Gasteiger partial charge in [0.1, 0.15) is 6.10 Å². The molecule has 6 nitrogen and oxygen atoms in total. The summed E-state index contributed by atoms with van der Waals surface area (Å²) in [6.07, 6.45) is 1.84. The molecule has 1 aliphatic heterocycles. The first-order valence-corrected chi connectivity index (χ1v) is 9.04. The molecule has 27 heavy (non-hydrogen) atoms. The molecule has 1 amide bonds. The molecular formula is C19H25F2NO5. The summed E-state index contributed by atoms with van der Waals surface area (Å²) in [4.78, 5) is 24.9. The van der Waals surface area contributed by atoms with E-state index in [4.69, 9.17) is 14.6 Å². The fraction of sp³-hybridized carbons (Fsp3) is 0.579. The fourth-order valence-electron chi connectivity index (χ4n) is 2.88. The lowest BCUT2D eigenvalue weighted by molar-refractivity contribution is -0.147. The second-order valence-electron chi connectivity index (χ2n) is 6.62. The summed E-state index contributed by atoms with van der Waals surface area (Å²) in [7, 11) is 0. The van der Waals surface area contributed by atoms with Crippen molar-refractivity contribution in [2.24, 2.45) is 0 Å². The molecular weight excluding hydrogens is 360 g/mol. The van der Waals surface area contributed by atoms with Gasteiger partial charge in [-0.1, -0.05) is 6.07 Å². The summed E-state index contributed by atoms with van der Waals surface area (Å²) in [5.41, 5.74) is 0.371. The van der Waals surface area contributed by atoms with Crippen molar-refractivity contribution in [3.8, 4) is 0 Å². The summed E-state index contributed by atoms with van der Waals surface area (Å²) < 4.78 is 37.7. The lowest BCUT2D eigenvalue weighted by atomic mass is 10.1. The molecule has 1 aliphatic rings. The van der Waals surface area contributed by atoms with Gasteiger partial charge in [0, 0.05) is 19.7 Å². The number of benzene rings is 1. The summed E-state index contributed by atoms with van der Waals surface area (Å²) >= 11 is 0. The number of carbonyl (C=O) groups is 2. The molecule has 0 spiro atoms. The Balaban J connectivity index is 1.98. The third kappa shape index (κ3) is 6.88. The van der Waals surface area contributed by atoms with Crippen LogP contribution in [0.3, 0.4) is 0 Å². The molecule has 2 atom stereocenters. The number of halogens is 2. The van der Waals surface area contributed by atoms with E-state index in [9.17, 15) is 18.4 Å². The number of carboxylic acids is 1. The molecule has 150 valence electrons. The third-order valence-electron chi connectivity index (χ3n) is 4.42. The highest BCUT2D eigenvalue weighted by Gasteiger charge is 2.24. The van der Waals surface area contributed by atoms with Crippen LogP contribution in [0.25, 0.3) is 0 Å². The number of carbonyl (C=O) groups excluding carboxylic acids is 1. The minimum Gasteiger partial charge on any atom is -0.481 e. The highest BCUT2D eigenvalue weighted by molar-refractivity contribution is 5.81. The predicted octanol–water partition coefficient (Wildman–Crippen LogP) is 2.74. The van der Waals surface area contributed by atoms with E-state index in [2.05, 4.69) is 0 Å². The number of rotatable bonds is 9. The van der Waals surface area contributed by atoms with Crippen LogP contribution in [-0.4, -0.2) is 53.8 Å². The molecule has 8 heteroatoms. The number of carboxylic acid groups (broad SMARTS) is 1. The Morgan fingerprint density at radius 3 is 2.74 bits per heavy atom. The van der Waals surface area contributed by atoms with Crippen LogP contribution < -0.4 is 0 Å². The normalized spacial score (nSPS) is 18.1. The number of hydrogen-bond acceptors (Lipinski definition) is 4. The van der Waals surface area contributed by atoms with Gasteiger partial charge in [0.2, 0.25) is 0 Å². The van der Waals surface area contributed by atoms with Crippen LogP contribution in [0.4, 0.5) is 8.78 Å². The molecule has 1 fully saturated rings. The number of amides is 1. The molecule has 1 saturated heterocycles. The average molecular weight is 385 g/mol. The molecule has 0 aromatic heterocycles. The van der Waals surface area contributed by atoms with Crippen molar-refractivity contribution in [2.75, 3.05) is 19.8 Å². The van der Waals surface area contributed by atoms with Gasteiger partial charge in [0.25, 0.3) is 5.91 Å². The van der Waals surface area contributed by atoms with Crippen LogP contribution >= 0.6 is 0 Å². The molecule has 1 heterocycles. The van der Waals surface area contributed by atoms with E-state index in [0.29, 0.717) is 12.2 Å². The van der Waals surface area contributed by atoms with Crippen molar-refractivity contribution >= 4 is 11.9 Å². The van der Waals surface area contributed by atoms with E-state index in [1.54, 1.807) is 6.92 Å². The smallest absolute Gasteiger partial charge is 0.305 e. The molecule has 1 aromatic carbocycles. The quantitative estimate of drug-likeness (QED) is 0.707. The van der Waals surface area contributed by atoms with Gasteiger partial charge in [-0.25, -0.2) is 8.78 Å². The SMILES string of the molecule is CC(OCC1CCCCO1)C(=O)N(CCC(=O)O)Cc1ccc(F)c(F)c1. The molecule has 0 saturated carbocycles. The monoisotopic (exact) mass is 385 g/mol. The number of ether oxygens (including phenoxy) is 2. The van der Waals surface area contributed by atoms with E-state index >= 15 is 0 Å². The number of nitrogens with zero attached hydrogens (tertiary/aromatic N) is 1. The van der Waals surface area contributed by atoms with E-state index in [0.717, 1.165) is 31.4 Å². The van der Waals surface area contributed by atoms with Gasteiger partial charge in [-0.15, -0.1) is 0 Å². The molecule has 2 rings (SSSR count). The molecule has 0 aliphatic carbocycles. The minimum atomic E-state index is -1.05. The lowest BCUT2D eigenvalue weighted by Gasteiger charge is -2.28. The fourth-order valence-corrected chi connectivity index (χ4v) is 2.88. The van der Waals surface area contributed by atoms with Gasteiger partial charge in [-0.2, -0.15) is 0 Å². The van der Waals surface area contributed by atoms with Gasteiger partial charge in [0.15, 0.2) is 11.6 Å². The van der Waals surface area contributed by atoms with Crippen molar-refractivity contribution < 1.29 is 33.0 Å². The van der Waals surface area contributed by atoms with Gasteiger partial charge in [-0.05, 0) is 43.9 Å². The van der Waals surface area contributed by atoms with Crippen molar-refractivity contribution in [2.45, 2.75) is 51.4 Å². The van der Waals surface area contributed by atoms with Crippen molar-refractivity contribution in [1.82, 2.24) is 4.90 Å². The first-order valence-electron chi connectivity index (χ1n) is 9.04. The molecule has 1 N–H and O–H groups in total. The minimum absolute atomic E-state index is 0.0308. The zero-order chi connectivity index (χ0) is 19.8. The number of hydrogen-bond donors (Lipinski definition) is 1. The van der Waals surface area contributed by atoms with E-state index in [1.807, 2.05) is 0 Å². The highest BCUT2D eigenvalue weighted by atomic mass is 19.2. The Labute approximate surface area is 157 Å². The summed E-state index contributed by atoms with van der Waals surface area (Å²) in [6, 6.07) is 3.34. The largest absolute Gasteiger partial charge is 0.481 e. The van der Waals surface area contributed by atoms with Crippen molar-refractivity contribution in [3.63, 3.8) is 0 Å². The number of aliphatic carboxylic acids is 1. The third-order valence-corrected chi connectivity index (χ3v) is 4.42. The standard InChI is InChI=1S/C19H25F2NO5/c1-13(27-12-15-4-2-3-9-26-15)19(25)22(8-7-18(23)24)11-14-5-6-16(20)17(21)10-14/h5-6,10,13,15H,2-4,7-9,11-12H2,1H3,(H,23,24). The molecule has 0 bridgehead atoms. The predicted molar refractivity (Wildman–Crippen MR) is 93.0 cm³/mol. The topological polar surface area (TPSA) is 76.1 Å². The maximum Gasteiger partial charge on any atom is 0.305 e. The summed E-state index contributed by atoms with van der Waals surface area (Å²) in [6.45, 7) is 2.46. The van der Waals surface area contributed by atoms with Crippen LogP contribution in [0.15, 0.2) is 18.2 Å². The summed E-state index contributed by atoms with van der Waals surface area (Å²) in [5.74, 6) is -3.46. The van der Waals surface area contributed by atoms with Crippen LogP contribution in [0.1, 0.15) is 38.2 Å². The first-order chi connectivity index (χ1) is 12.9. The Morgan fingerprint density at radius 1 is 1.33 bits per heavy atom. The maximum absolute atomic E-state index is 13.4.